The van der Waals surface area contributed by atoms with E-state index in [-0.39, 0.29) is 17.8 Å². The van der Waals surface area contributed by atoms with Crippen LogP contribution < -0.4 is 0 Å². The van der Waals surface area contributed by atoms with Crippen LogP contribution >= 0.6 is 24.0 Å². The summed E-state index contributed by atoms with van der Waals surface area (Å²) in [5.41, 5.74) is 2.16. The van der Waals surface area contributed by atoms with Gasteiger partial charge in [0.15, 0.2) is 0 Å². The molecule has 0 radical (unpaired) electrons. The summed E-state index contributed by atoms with van der Waals surface area (Å²) in [4.78, 5) is 4.43. The minimum absolute atomic E-state index is 0. The molecule has 0 atom stereocenters. The first-order valence-electron chi connectivity index (χ1n) is 4.06. The smallest absolute Gasteiger partial charge is 0.0647 e. The van der Waals surface area contributed by atoms with Gasteiger partial charge in [-0.05, 0) is 12.1 Å². The lowest BCUT2D eigenvalue weighted by Crippen LogP contribution is -2.13. The van der Waals surface area contributed by atoms with Gasteiger partial charge in [0.05, 0.1) is 11.6 Å². The fourth-order valence-corrected chi connectivity index (χ4v) is 1.12. The molecular formula is C10H15Cl2N. The van der Waals surface area contributed by atoms with Crippen molar-refractivity contribution in [3.05, 3.63) is 29.6 Å². The molecule has 1 aromatic rings. The highest BCUT2D eigenvalue weighted by Gasteiger charge is 2.14. The molecule has 0 aliphatic heterocycles. The molecule has 1 aromatic heterocycles. The molecule has 13 heavy (non-hydrogen) atoms. The van der Waals surface area contributed by atoms with E-state index in [0.29, 0.717) is 5.88 Å². The molecule has 1 nitrogen and oxygen atoms in total. The predicted molar refractivity (Wildman–Crippen MR) is 59.7 cm³/mol. The van der Waals surface area contributed by atoms with E-state index in [0.717, 1.165) is 11.4 Å². The van der Waals surface area contributed by atoms with Gasteiger partial charge in [-0.1, -0.05) is 26.8 Å². The Morgan fingerprint density at radius 1 is 1.31 bits per heavy atom. The van der Waals surface area contributed by atoms with Crippen LogP contribution in [0.3, 0.4) is 0 Å². The maximum atomic E-state index is 5.69. The van der Waals surface area contributed by atoms with E-state index in [1.165, 1.54) is 0 Å². The number of nitrogens with zero attached hydrogens (tertiary/aromatic N) is 1. The number of hydrogen-bond acceptors (Lipinski definition) is 1. The zero-order valence-corrected chi connectivity index (χ0v) is 9.75. The molecule has 1 rings (SSSR count). The summed E-state index contributed by atoms with van der Waals surface area (Å²) in [7, 11) is 0. The van der Waals surface area contributed by atoms with Gasteiger partial charge in [-0.15, -0.1) is 24.0 Å². The van der Waals surface area contributed by atoms with Crippen molar-refractivity contribution in [3.8, 4) is 0 Å². The van der Waals surface area contributed by atoms with Crippen molar-refractivity contribution >= 4 is 24.0 Å². The molecule has 0 saturated carbocycles. The van der Waals surface area contributed by atoms with Crippen molar-refractivity contribution in [1.29, 1.82) is 0 Å². The second kappa shape index (κ2) is 4.83. The van der Waals surface area contributed by atoms with E-state index >= 15 is 0 Å². The third kappa shape index (κ3) is 3.53. The zero-order valence-electron chi connectivity index (χ0n) is 8.17. The maximum Gasteiger partial charge on any atom is 0.0647 e. The summed E-state index contributed by atoms with van der Waals surface area (Å²) in [5.74, 6) is 0.490. The minimum Gasteiger partial charge on any atom is -0.256 e. The number of alkyl halides is 1. The largest absolute Gasteiger partial charge is 0.256 e. The van der Waals surface area contributed by atoms with Crippen LogP contribution in [0.15, 0.2) is 18.2 Å². The minimum atomic E-state index is 0. The second-order valence-corrected chi connectivity index (χ2v) is 4.17. The normalized spacial score (nSPS) is 10.8. The summed E-state index contributed by atoms with van der Waals surface area (Å²) in [6.45, 7) is 6.44. The van der Waals surface area contributed by atoms with Gasteiger partial charge in [0.1, 0.15) is 0 Å². The fourth-order valence-electron chi connectivity index (χ4n) is 0.972. The van der Waals surface area contributed by atoms with Crippen molar-refractivity contribution < 1.29 is 0 Å². The second-order valence-electron chi connectivity index (χ2n) is 3.90. The molecule has 74 valence electrons. The van der Waals surface area contributed by atoms with Gasteiger partial charge in [0.2, 0.25) is 0 Å². The van der Waals surface area contributed by atoms with Crippen molar-refractivity contribution in [1.82, 2.24) is 4.98 Å². The summed E-state index contributed by atoms with van der Waals surface area (Å²) < 4.78 is 0. The van der Waals surface area contributed by atoms with Gasteiger partial charge in [-0.25, -0.2) is 0 Å². The zero-order chi connectivity index (χ0) is 9.19. The fraction of sp³-hybridized carbons (Fsp3) is 0.500. The Balaban J connectivity index is 0.00000144. The first kappa shape index (κ1) is 12.7. The first-order chi connectivity index (χ1) is 5.54. The van der Waals surface area contributed by atoms with Crippen molar-refractivity contribution in [2.45, 2.75) is 32.1 Å². The third-order valence-corrected chi connectivity index (χ3v) is 1.99. The molecule has 0 aliphatic carbocycles. The Kier molecular flexibility index (Phi) is 4.72. The highest BCUT2D eigenvalue weighted by molar-refractivity contribution is 6.16. The molecule has 0 aromatic carbocycles. The highest BCUT2D eigenvalue weighted by Crippen LogP contribution is 2.20. The molecule has 0 fully saturated rings. The van der Waals surface area contributed by atoms with E-state index < -0.39 is 0 Å². The van der Waals surface area contributed by atoms with E-state index in [2.05, 4.69) is 25.8 Å². The maximum absolute atomic E-state index is 5.69. The van der Waals surface area contributed by atoms with Gasteiger partial charge in [0, 0.05) is 11.1 Å². The van der Waals surface area contributed by atoms with Crippen LogP contribution in [0.25, 0.3) is 0 Å². The summed E-state index contributed by atoms with van der Waals surface area (Å²) in [6, 6.07) is 5.99. The van der Waals surface area contributed by atoms with Crippen LogP contribution in [0.2, 0.25) is 0 Å². The predicted octanol–water partition coefficient (Wildman–Crippen LogP) is 3.54. The molecule has 1 heterocycles. The van der Waals surface area contributed by atoms with E-state index in [4.69, 9.17) is 11.6 Å². The Bertz CT molecular complexity index is 266. The van der Waals surface area contributed by atoms with Crippen LogP contribution in [0.4, 0.5) is 0 Å². The molecular weight excluding hydrogens is 205 g/mol. The van der Waals surface area contributed by atoms with Gasteiger partial charge < -0.3 is 0 Å². The molecule has 0 unspecified atom stereocenters. The third-order valence-electron chi connectivity index (χ3n) is 1.71. The SMILES string of the molecule is CC(C)(C)c1cccc(CCl)n1.Cl. The molecule has 0 bridgehead atoms. The van der Waals surface area contributed by atoms with Crippen molar-refractivity contribution in [3.63, 3.8) is 0 Å². The number of pyridine rings is 1. The van der Waals surface area contributed by atoms with Gasteiger partial charge in [-0.2, -0.15) is 0 Å². The lowest BCUT2D eigenvalue weighted by Gasteiger charge is -2.17. The molecule has 0 saturated heterocycles. The molecule has 0 aliphatic rings. The van der Waals surface area contributed by atoms with Crippen molar-refractivity contribution in [2.24, 2.45) is 0 Å². The van der Waals surface area contributed by atoms with E-state index in [1.54, 1.807) is 0 Å². The Morgan fingerprint density at radius 2 is 1.92 bits per heavy atom. The standard InChI is InChI=1S/C10H14ClN.ClH/c1-10(2,3)9-6-4-5-8(7-11)12-9;/h4-6H,7H2,1-3H3;1H. The Labute approximate surface area is 90.9 Å². The molecule has 0 amide bonds. The quantitative estimate of drug-likeness (QED) is 0.659. The Hall–Kier alpha value is -0.270. The summed E-state index contributed by atoms with van der Waals surface area (Å²) >= 11 is 5.69. The van der Waals surface area contributed by atoms with Crippen LogP contribution in [-0.4, -0.2) is 4.98 Å². The molecule has 3 heteroatoms. The summed E-state index contributed by atoms with van der Waals surface area (Å²) in [6.07, 6.45) is 0. The van der Waals surface area contributed by atoms with Gasteiger partial charge in [-0.3, -0.25) is 4.98 Å². The molecule has 0 N–H and O–H groups in total. The number of hydrogen-bond donors (Lipinski definition) is 0. The van der Waals surface area contributed by atoms with E-state index in [9.17, 15) is 0 Å². The monoisotopic (exact) mass is 219 g/mol. The number of rotatable bonds is 1. The van der Waals surface area contributed by atoms with E-state index in [1.807, 2.05) is 18.2 Å². The average molecular weight is 220 g/mol. The lowest BCUT2D eigenvalue weighted by atomic mass is 9.91. The van der Waals surface area contributed by atoms with Gasteiger partial charge >= 0.3 is 0 Å². The van der Waals surface area contributed by atoms with Crippen LogP contribution in [0.1, 0.15) is 32.2 Å². The van der Waals surface area contributed by atoms with Crippen LogP contribution in [0, 0.1) is 0 Å². The van der Waals surface area contributed by atoms with Crippen molar-refractivity contribution in [2.75, 3.05) is 0 Å². The number of aromatic nitrogens is 1. The van der Waals surface area contributed by atoms with Gasteiger partial charge in [0.25, 0.3) is 0 Å². The van der Waals surface area contributed by atoms with Crippen LogP contribution in [-0.2, 0) is 11.3 Å². The highest BCUT2D eigenvalue weighted by atomic mass is 35.5. The Morgan fingerprint density at radius 3 is 2.38 bits per heavy atom. The molecule has 0 spiro atoms. The number of halogens is 2. The lowest BCUT2D eigenvalue weighted by molar-refractivity contribution is 0.567. The summed E-state index contributed by atoms with van der Waals surface area (Å²) in [5, 5.41) is 0. The topological polar surface area (TPSA) is 12.9 Å². The average Bonchev–Trinajstić information content (AvgIpc) is 2.03. The van der Waals surface area contributed by atoms with Crippen LogP contribution in [0.5, 0.6) is 0 Å². The first-order valence-corrected chi connectivity index (χ1v) is 4.60.